The Bertz CT molecular complexity index is 558. The lowest BCUT2D eigenvalue weighted by Crippen LogP contribution is -1.95. The van der Waals surface area contributed by atoms with Gasteiger partial charge in [0, 0.05) is 5.39 Å². The van der Waals surface area contributed by atoms with Crippen LogP contribution < -0.4 is 9.47 Å². The average Bonchev–Trinajstić information content (AvgIpc) is 2.42. The zero-order chi connectivity index (χ0) is 12.8. The quantitative estimate of drug-likeness (QED) is 0.711. The minimum absolute atomic E-state index is 0.508. The molecular formula is C16H16O2. The molecule has 0 aliphatic heterocycles. The maximum atomic E-state index is 5.61. The summed E-state index contributed by atoms with van der Waals surface area (Å²) in [5, 5.41) is 2.17. The van der Waals surface area contributed by atoms with Crippen molar-refractivity contribution >= 4 is 10.8 Å². The van der Waals surface area contributed by atoms with Gasteiger partial charge >= 0.3 is 0 Å². The highest BCUT2D eigenvalue weighted by molar-refractivity contribution is 5.89. The highest BCUT2D eigenvalue weighted by Gasteiger charge is 2.02. The lowest BCUT2D eigenvalue weighted by Gasteiger charge is -2.09. The molecule has 2 heteroatoms. The first kappa shape index (κ1) is 12.2. The molecule has 0 aromatic heterocycles. The molecule has 0 N–H and O–H groups in total. The first-order chi connectivity index (χ1) is 8.85. The van der Waals surface area contributed by atoms with Crippen LogP contribution in [0, 0.1) is 0 Å². The number of ether oxygens (including phenoxy) is 2. The monoisotopic (exact) mass is 240 g/mol. The lowest BCUT2D eigenvalue weighted by molar-refractivity contribution is 0.363. The Morgan fingerprint density at radius 2 is 1.72 bits per heavy atom. The van der Waals surface area contributed by atoms with Crippen molar-refractivity contribution in [1.29, 1.82) is 0 Å². The summed E-state index contributed by atoms with van der Waals surface area (Å²) in [5.41, 5.74) is 0. The molecule has 0 aliphatic carbocycles. The predicted octanol–water partition coefficient (Wildman–Crippen LogP) is 3.97. The Kier molecular flexibility index (Phi) is 4.02. The van der Waals surface area contributed by atoms with Crippen LogP contribution in [0.3, 0.4) is 0 Å². The summed E-state index contributed by atoms with van der Waals surface area (Å²) in [7, 11) is 0. The number of rotatable bonds is 6. The molecule has 0 spiro atoms. The molecule has 2 rings (SSSR count). The molecule has 92 valence electrons. The fourth-order valence-electron chi connectivity index (χ4n) is 1.75. The highest BCUT2D eigenvalue weighted by atomic mass is 16.5. The van der Waals surface area contributed by atoms with E-state index in [4.69, 9.17) is 9.47 Å². The molecule has 0 aliphatic rings. The van der Waals surface area contributed by atoms with Gasteiger partial charge in [0.2, 0.25) is 0 Å². The second-order valence-corrected chi connectivity index (χ2v) is 3.84. The minimum Gasteiger partial charge on any atom is -0.490 e. The average molecular weight is 240 g/mol. The zero-order valence-corrected chi connectivity index (χ0v) is 10.3. The van der Waals surface area contributed by atoms with Crippen LogP contribution >= 0.6 is 0 Å². The lowest BCUT2D eigenvalue weighted by atomic mass is 10.1. The molecule has 0 saturated heterocycles. The summed E-state index contributed by atoms with van der Waals surface area (Å²) >= 11 is 0. The van der Waals surface area contributed by atoms with E-state index in [1.165, 1.54) is 0 Å². The first-order valence-electron chi connectivity index (χ1n) is 5.85. The van der Waals surface area contributed by atoms with Gasteiger partial charge in [0.1, 0.15) is 24.7 Å². The minimum atomic E-state index is 0.508. The number of hydrogen-bond donors (Lipinski definition) is 0. The van der Waals surface area contributed by atoms with Gasteiger partial charge in [-0.05, 0) is 29.7 Å². The van der Waals surface area contributed by atoms with Gasteiger partial charge in [-0.1, -0.05) is 37.4 Å². The van der Waals surface area contributed by atoms with Crippen LogP contribution in [0.1, 0.15) is 0 Å². The van der Waals surface area contributed by atoms with Gasteiger partial charge < -0.3 is 9.47 Å². The van der Waals surface area contributed by atoms with E-state index >= 15 is 0 Å². The van der Waals surface area contributed by atoms with Gasteiger partial charge in [-0.15, -0.1) is 0 Å². The molecule has 0 atom stereocenters. The zero-order valence-electron chi connectivity index (χ0n) is 10.3. The van der Waals surface area contributed by atoms with E-state index in [1.807, 2.05) is 36.4 Å². The van der Waals surface area contributed by atoms with Crippen molar-refractivity contribution in [3.8, 4) is 11.5 Å². The fourth-order valence-corrected chi connectivity index (χ4v) is 1.75. The molecule has 18 heavy (non-hydrogen) atoms. The molecule has 0 saturated carbocycles. The maximum Gasteiger partial charge on any atom is 0.127 e. The van der Waals surface area contributed by atoms with Crippen molar-refractivity contribution in [3.05, 3.63) is 61.7 Å². The molecule has 0 heterocycles. The fraction of sp³-hybridized carbons (Fsp3) is 0.125. The predicted molar refractivity (Wildman–Crippen MR) is 75.3 cm³/mol. The van der Waals surface area contributed by atoms with Crippen molar-refractivity contribution < 1.29 is 9.47 Å². The van der Waals surface area contributed by atoms with Gasteiger partial charge in [0.05, 0.1) is 0 Å². The summed E-state index contributed by atoms with van der Waals surface area (Å²) in [6.45, 7) is 8.30. The van der Waals surface area contributed by atoms with Gasteiger partial charge in [-0.3, -0.25) is 0 Å². The maximum absolute atomic E-state index is 5.61. The molecule has 0 fully saturated rings. The second-order valence-electron chi connectivity index (χ2n) is 3.84. The third kappa shape index (κ3) is 2.72. The Balaban J connectivity index is 2.33. The van der Waals surface area contributed by atoms with Crippen molar-refractivity contribution in [3.63, 3.8) is 0 Å². The number of fused-ring (bicyclic) bond motifs is 1. The molecule has 0 unspecified atom stereocenters. The number of hydrogen-bond acceptors (Lipinski definition) is 2. The molecular weight excluding hydrogens is 224 g/mol. The molecule has 2 aromatic carbocycles. The van der Waals surface area contributed by atoms with Crippen molar-refractivity contribution in [2.45, 2.75) is 0 Å². The van der Waals surface area contributed by atoms with Crippen LogP contribution in [0.25, 0.3) is 10.8 Å². The van der Waals surface area contributed by atoms with Crippen LogP contribution in [-0.4, -0.2) is 13.2 Å². The summed E-state index contributed by atoms with van der Waals surface area (Å²) in [6.07, 6.45) is 3.47. The van der Waals surface area contributed by atoms with Crippen LogP contribution in [0.15, 0.2) is 61.7 Å². The molecule has 0 bridgehead atoms. The molecule has 0 radical (unpaired) electrons. The summed E-state index contributed by atoms with van der Waals surface area (Å²) in [5.74, 6) is 1.70. The van der Waals surface area contributed by atoms with Crippen LogP contribution in [-0.2, 0) is 0 Å². The van der Waals surface area contributed by atoms with Crippen molar-refractivity contribution in [1.82, 2.24) is 0 Å². The normalized spacial score (nSPS) is 10.0. The summed E-state index contributed by atoms with van der Waals surface area (Å²) in [6, 6.07) is 11.9. The molecule has 0 amide bonds. The van der Waals surface area contributed by atoms with Gasteiger partial charge in [-0.25, -0.2) is 0 Å². The van der Waals surface area contributed by atoms with Crippen LogP contribution in [0.2, 0.25) is 0 Å². The smallest absolute Gasteiger partial charge is 0.127 e. The first-order valence-corrected chi connectivity index (χ1v) is 5.85. The van der Waals surface area contributed by atoms with E-state index in [0.29, 0.717) is 13.2 Å². The van der Waals surface area contributed by atoms with Gasteiger partial charge in [0.25, 0.3) is 0 Å². The van der Waals surface area contributed by atoms with Crippen LogP contribution in [0.5, 0.6) is 11.5 Å². The van der Waals surface area contributed by atoms with Crippen molar-refractivity contribution in [2.24, 2.45) is 0 Å². The third-order valence-electron chi connectivity index (χ3n) is 2.54. The van der Waals surface area contributed by atoms with Crippen LogP contribution in [0.4, 0.5) is 0 Å². The SMILES string of the molecule is C=CCOc1ccc2c(OCC=C)cccc2c1. The molecule has 2 nitrogen and oxygen atoms in total. The summed E-state index contributed by atoms with van der Waals surface area (Å²) < 4.78 is 11.1. The molecule has 2 aromatic rings. The van der Waals surface area contributed by atoms with E-state index in [1.54, 1.807) is 12.2 Å². The Morgan fingerprint density at radius 3 is 2.50 bits per heavy atom. The van der Waals surface area contributed by atoms with E-state index in [0.717, 1.165) is 22.3 Å². The topological polar surface area (TPSA) is 18.5 Å². The van der Waals surface area contributed by atoms with Gasteiger partial charge in [-0.2, -0.15) is 0 Å². The van der Waals surface area contributed by atoms with E-state index < -0.39 is 0 Å². The number of benzene rings is 2. The second kappa shape index (κ2) is 5.92. The largest absolute Gasteiger partial charge is 0.490 e. The van der Waals surface area contributed by atoms with Crippen molar-refractivity contribution in [2.75, 3.05) is 13.2 Å². The third-order valence-corrected chi connectivity index (χ3v) is 2.54. The van der Waals surface area contributed by atoms with E-state index in [2.05, 4.69) is 13.2 Å². The Labute approximate surface area is 107 Å². The van der Waals surface area contributed by atoms with E-state index in [9.17, 15) is 0 Å². The standard InChI is InChI=1S/C16H16O2/c1-3-10-17-14-8-9-15-13(12-14)6-5-7-16(15)18-11-4-2/h3-9,12H,1-2,10-11H2. The van der Waals surface area contributed by atoms with E-state index in [-0.39, 0.29) is 0 Å². The Hall–Kier alpha value is -2.22. The summed E-state index contributed by atoms with van der Waals surface area (Å²) in [4.78, 5) is 0. The Morgan fingerprint density at radius 1 is 0.944 bits per heavy atom. The van der Waals surface area contributed by atoms with Gasteiger partial charge in [0.15, 0.2) is 0 Å². The highest BCUT2D eigenvalue weighted by Crippen LogP contribution is 2.28.